The Morgan fingerprint density at radius 1 is 1.50 bits per heavy atom. The molecule has 0 aliphatic rings. The summed E-state index contributed by atoms with van der Waals surface area (Å²) in [5.74, 6) is -0.633. The molecule has 16 heavy (non-hydrogen) atoms. The molecule has 0 saturated carbocycles. The van der Waals surface area contributed by atoms with Crippen molar-refractivity contribution in [3.63, 3.8) is 0 Å². The van der Waals surface area contributed by atoms with Crippen LogP contribution in [0.2, 0.25) is 0 Å². The Morgan fingerprint density at radius 2 is 2.19 bits per heavy atom. The zero-order valence-corrected chi connectivity index (χ0v) is 9.37. The molecule has 1 rings (SSSR count). The summed E-state index contributed by atoms with van der Waals surface area (Å²) in [5, 5.41) is 20.7. The first-order chi connectivity index (χ1) is 7.54. The molecular weight excluding hydrogens is 207 g/mol. The highest BCUT2D eigenvalue weighted by Gasteiger charge is 2.11. The van der Waals surface area contributed by atoms with Crippen molar-refractivity contribution in [2.45, 2.75) is 19.9 Å². The topological polar surface area (TPSA) is 56.0 Å². The van der Waals surface area contributed by atoms with Crippen LogP contribution in [0.15, 0.2) is 18.2 Å². The van der Waals surface area contributed by atoms with Crippen LogP contribution in [0.4, 0.5) is 4.39 Å². The Morgan fingerprint density at radius 3 is 2.75 bits per heavy atom. The van der Waals surface area contributed by atoms with Crippen molar-refractivity contribution < 1.29 is 9.50 Å². The van der Waals surface area contributed by atoms with Gasteiger partial charge in [-0.15, -0.1) is 0 Å². The summed E-state index contributed by atoms with van der Waals surface area (Å²) in [6, 6.07) is 5.99. The van der Waals surface area contributed by atoms with Gasteiger partial charge in [0, 0.05) is 24.2 Å². The smallest absolute Gasteiger partial charge is 0.131 e. The van der Waals surface area contributed by atoms with Crippen LogP contribution in [0.1, 0.15) is 25.5 Å². The van der Waals surface area contributed by atoms with E-state index >= 15 is 0 Å². The number of nitriles is 1. The highest BCUT2D eigenvalue weighted by molar-refractivity contribution is 5.29. The lowest BCUT2D eigenvalue weighted by atomic mass is 10.1. The molecular formula is C12H15FN2O. The molecule has 0 fully saturated rings. The van der Waals surface area contributed by atoms with Crippen molar-refractivity contribution in [1.82, 2.24) is 5.32 Å². The predicted molar refractivity (Wildman–Crippen MR) is 59.3 cm³/mol. The Kier molecular flexibility index (Phi) is 4.27. The quantitative estimate of drug-likeness (QED) is 0.822. The molecule has 0 spiro atoms. The molecule has 2 atom stereocenters. The van der Waals surface area contributed by atoms with E-state index in [9.17, 15) is 4.39 Å². The Labute approximate surface area is 94.5 Å². The molecule has 1 aromatic rings. The molecule has 0 bridgehead atoms. The second-order valence-electron chi connectivity index (χ2n) is 3.87. The van der Waals surface area contributed by atoms with Gasteiger partial charge in [-0.25, -0.2) is 4.39 Å². The fourth-order valence-electron chi connectivity index (χ4n) is 1.38. The van der Waals surface area contributed by atoms with Gasteiger partial charge in [-0.3, -0.25) is 0 Å². The molecule has 0 radical (unpaired) electrons. The van der Waals surface area contributed by atoms with E-state index in [1.807, 2.05) is 6.92 Å². The van der Waals surface area contributed by atoms with Gasteiger partial charge in [0.15, 0.2) is 0 Å². The molecule has 0 amide bonds. The summed E-state index contributed by atoms with van der Waals surface area (Å²) in [5.41, 5.74) is 0.489. The standard InChI is InChI=1S/C12H15FN2O/c1-8(6-14)7-15-9(2)11-4-3-10(16)5-12(11)13/h3-5,8-9,15-16H,7H2,1-2H3. The minimum atomic E-state index is -0.440. The van der Waals surface area contributed by atoms with Gasteiger partial charge in [-0.2, -0.15) is 5.26 Å². The van der Waals surface area contributed by atoms with Gasteiger partial charge in [0.2, 0.25) is 0 Å². The molecule has 3 nitrogen and oxygen atoms in total. The first-order valence-corrected chi connectivity index (χ1v) is 5.16. The second kappa shape index (κ2) is 5.47. The molecule has 86 valence electrons. The van der Waals surface area contributed by atoms with Crippen LogP contribution >= 0.6 is 0 Å². The van der Waals surface area contributed by atoms with Gasteiger partial charge in [0.25, 0.3) is 0 Å². The van der Waals surface area contributed by atoms with E-state index in [2.05, 4.69) is 11.4 Å². The maximum atomic E-state index is 13.4. The summed E-state index contributed by atoms with van der Waals surface area (Å²) in [4.78, 5) is 0. The maximum Gasteiger partial charge on any atom is 0.131 e. The molecule has 2 unspecified atom stereocenters. The lowest BCUT2D eigenvalue weighted by molar-refractivity contribution is 0.461. The molecule has 1 aromatic carbocycles. The first kappa shape index (κ1) is 12.5. The zero-order chi connectivity index (χ0) is 12.1. The third kappa shape index (κ3) is 3.21. The summed E-state index contributed by atoms with van der Waals surface area (Å²) in [6.07, 6.45) is 0. The van der Waals surface area contributed by atoms with Crippen molar-refractivity contribution in [2.75, 3.05) is 6.54 Å². The van der Waals surface area contributed by atoms with E-state index in [0.717, 1.165) is 6.07 Å². The Bertz CT molecular complexity index is 400. The van der Waals surface area contributed by atoms with Crippen LogP contribution in [0.5, 0.6) is 5.75 Å². The van der Waals surface area contributed by atoms with Gasteiger partial charge in [-0.05, 0) is 19.9 Å². The van der Waals surface area contributed by atoms with Crippen molar-refractivity contribution in [1.29, 1.82) is 5.26 Å². The van der Waals surface area contributed by atoms with Crippen LogP contribution < -0.4 is 5.32 Å². The number of phenols is 1. The van der Waals surface area contributed by atoms with Crippen LogP contribution in [-0.4, -0.2) is 11.7 Å². The van der Waals surface area contributed by atoms with E-state index < -0.39 is 5.82 Å². The average Bonchev–Trinajstić information content (AvgIpc) is 2.25. The molecule has 0 aliphatic heterocycles. The van der Waals surface area contributed by atoms with E-state index in [-0.39, 0.29) is 17.7 Å². The number of nitrogens with zero attached hydrogens (tertiary/aromatic N) is 1. The lowest BCUT2D eigenvalue weighted by Gasteiger charge is -2.15. The van der Waals surface area contributed by atoms with Crippen LogP contribution in [0.3, 0.4) is 0 Å². The van der Waals surface area contributed by atoms with E-state index in [1.165, 1.54) is 6.07 Å². The van der Waals surface area contributed by atoms with Gasteiger partial charge in [0.1, 0.15) is 11.6 Å². The Balaban J connectivity index is 2.66. The fourth-order valence-corrected chi connectivity index (χ4v) is 1.38. The number of rotatable bonds is 4. The summed E-state index contributed by atoms with van der Waals surface area (Å²) < 4.78 is 13.4. The van der Waals surface area contributed by atoms with E-state index in [1.54, 1.807) is 13.0 Å². The molecule has 0 aromatic heterocycles. The van der Waals surface area contributed by atoms with Crippen molar-refractivity contribution in [2.24, 2.45) is 5.92 Å². The summed E-state index contributed by atoms with van der Waals surface area (Å²) >= 11 is 0. The zero-order valence-electron chi connectivity index (χ0n) is 9.37. The predicted octanol–water partition coefficient (Wildman–Crippen LogP) is 2.34. The highest BCUT2D eigenvalue weighted by Crippen LogP contribution is 2.20. The molecule has 2 N–H and O–H groups in total. The molecule has 0 aliphatic carbocycles. The Hall–Kier alpha value is -1.60. The average molecular weight is 222 g/mol. The minimum Gasteiger partial charge on any atom is -0.508 e. The number of phenolic OH excluding ortho intramolecular Hbond substituents is 1. The van der Waals surface area contributed by atoms with E-state index in [4.69, 9.17) is 10.4 Å². The highest BCUT2D eigenvalue weighted by atomic mass is 19.1. The van der Waals surface area contributed by atoms with Crippen LogP contribution in [0.25, 0.3) is 0 Å². The molecule has 0 heterocycles. The van der Waals surface area contributed by atoms with Crippen molar-refractivity contribution >= 4 is 0 Å². The van der Waals surface area contributed by atoms with Gasteiger partial charge >= 0.3 is 0 Å². The largest absolute Gasteiger partial charge is 0.508 e. The number of benzene rings is 1. The summed E-state index contributed by atoms with van der Waals surface area (Å²) in [7, 11) is 0. The summed E-state index contributed by atoms with van der Waals surface area (Å²) in [6.45, 7) is 4.13. The number of aromatic hydroxyl groups is 1. The number of hydrogen-bond acceptors (Lipinski definition) is 3. The van der Waals surface area contributed by atoms with Gasteiger partial charge in [-0.1, -0.05) is 6.07 Å². The minimum absolute atomic E-state index is 0.0844. The fraction of sp³-hybridized carbons (Fsp3) is 0.417. The SMILES string of the molecule is CC(C#N)CNC(C)c1ccc(O)cc1F. The lowest BCUT2D eigenvalue weighted by Crippen LogP contribution is -2.24. The van der Waals surface area contributed by atoms with Crippen molar-refractivity contribution in [3.05, 3.63) is 29.6 Å². The third-order valence-electron chi connectivity index (χ3n) is 2.40. The maximum absolute atomic E-state index is 13.4. The first-order valence-electron chi connectivity index (χ1n) is 5.16. The van der Waals surface area contributed by atoms with Gasteiger partial charge < -0.3 is 10.4 Å². The third-order valence-corrected chi connectivity index (χ3v) is 2.40. The second-order valence-corrected chi connectivity index (χ2v) is 3.87. The number of nitrogens with one attached hydrogen (secondary N) is 1. The number of halogens is 1. The van der Waals surface area contributed by atoms with Crippen LogP contribution in [-0.2, 0) is 0 Å². The van der Waals surface area contributed by atoms with Gasteiger partial charge in [0.05, 0.1) is 12.0 Å². The van der Waals surface area contributed by atoms with Crippen LogP contribution in [0, 0.1) is 23.1 Å². The number of hydrogen-bond donors (Lipinski definition) is 2. The normalized spacial score (nSPS) is 14.1. The van der Waals surface area contributed by atoms with Crippen molar-refractivity contribution in [3.8, 4) is 11.8 Å². The molecule has 4 heteroatoms. The van der Waals surface area contributed by atoms with E-state index in [0.29, 0.717) is 12.1 Å². The monoisotopic (exact) mass is 222 g/mol. The molecule has 0 saturated heterocycles.